The van der Waals surface area contributed by atoms with Crippen molar-refractivity contribution in [3.8, 4) is 0 Å². The highest BCUT2D eigenvalue weighted by Gasteiger charge is 2.54. The zero-order valence-electron chi connectivity index (χ0n) is 17.2. The first-order valence-corrected chi connectivity index (χ1v) is 11.1. The van der Waals surface area contributed by atoms with Crippen LogP contribution in [0, 0.1) is 0 Å². The molecule has 0 bridgehead atoms. The molecule has 3 aromatic rings. The highest BCUT2D eigenvalue weighted by Crippen LogP contribution is 2.36. The molecular weight excluding hydrogens is 440 g/mol. The summed E-state index contributed by atoms with van der Waals surface area (Å²) in [5, 5.41) is 6.20. The third-order valence-corrected chi connectivity index (χ3v) is 6.60. The molecule has 0 radical (unpaired) electrons. The van der Waals surface area contributed by atoms with E-state index < -0.39 is 23.4 Å². The van der Waals surface area contributed by atoms with Gasteiger partial charge in [0, 0.05) is 10.5 Å². The lowest BCUT2D eigenvalue weighted by Gasteiger charge is -2.27. The highest BCUT2D eigenvalue weighted by atomic mass is 32.2. The van der Waals surface area contributed by atoms with E-state index in [1.54, 1.807) is 60.7 Å². The van der Waals surface area contributed by atoms with Crippen molar-refractivity contribution in [1.29, 1.82) is 0 Å². The van der Waals surface area contributed by atoms with E-state index in [0.717, 1.165) is 4.90 Å². The van der Waals surface area contributed by atoms with E-state index >= 15 is 0 Å². The SMILES string of the molecule is O=C1CSc2ccc(C(=O)NN3C(=O)NC(c4ccccc4)(c4ccccc4)C3=O)cc2N1. The Labute approximate surface area is 193 Å². The van der Waals surface area contributed by atoms with Gasteiger partial charge >= 0.3 is 6.03 Å². The molecule has 3 N–H and O–H groups in total. The van der Waals surface area contributed by atoms with Crippen molar-refractivity contribution in [3.63, 3.8) is 0 Å². The minimum atomic E-state index is -1.48. The number of hydrazine groups is 1. The Balaban J connectivity index is 1.47. The first-order valence-electron chi connectivity index (χ1n) is 10.1. The molecular formula is C24H18N4O4S. The van der Waals surface area contributed by atoms with Crippen LogP contribution in [0.25, 0.3) is 0 Å². The normalized spacial score (nSPS) is 16.6. The smallest absolute Gasteiger partial charge is 0.324 e. The number of hydrogen-bond acceptors (Lipinski definition) is 5. The summed E-state index contributed by atoms with van der Waals surface area (Å²) in [4.78, 5) is 52.0. The molecule has 1 saturated heterocycles. The standard InChI is InChI=1S/C24H18N4O4S/c29-20-14-33-19-12-11-15(13-18(19)25-20)21(30)27-28-22(31)24(26-23(28)32,16-7-3-1-4-8-16)17-9-5-2-6-10-17/h1-13H,14H2,(H,25,29)(H,26,32)(H,27,30). The van der Waals surface area contributed by atoms with Crippen LogP contribution < -0.4 is 16.1 Å². The maximum atomic E-state index is 13.6. The predicted molar refractivity (Wildman–Crippen MR) is 122 cm³/mol. The molecule has 2 aliphatic heterocycles. The average molecular weight is 458 g/mol. The fourth-order valence-corrected chi connectivity index (χ4v) is 4.74. The van der Waals surface area contributed by atoms with Crippen LogP contribution in [0.5, 0.6) is 0 Å². The van der Waals surface area contributed by atoms with E-state index in [0.29, 0.717) is 27.6 Å². The molecule has 3 aromatic carbocycles. The monoisotopic (exact) mass is 458 g/mol. The minimum Gasteiger partial charge on any atom is -0.324 e. The first-order chi connectivity index (χ1) is 16.0. The van der Waals surface area contributed by atoms with Crippen molar-refractivity contribution in [2.45, 2.75) is 10.4 Å². The van der Waals surface area contributed by atoms with Crippen LogP contribution in [0.2, 0.25) is 0 Å². The molecule has 33 heavy (non-hydrogen) atoms. The van der Waals surface area contributed by atoms with Gasteiger partial charge < -0.3 is 10.6 Å². The number of urea groups is 1. The summed E-state index contributed by atoms with van der Waals surface area (Å²) < 4.78 is 0. The van der Waals surface area contributed by atoms with Gasteiger partial charge in [0.2, 0.25) is 5.91 Å². The van der Waals surface area contributed by atoms with Crippen molar-refractivity contribution < 1.29 is 19.2 Å². The maximum absolute atomic E-state index is 13.6. The van der Waals surface area contributed by atoms with Crippen LogP contribution in [0.3, 0.4) is 0 Å². The zero-order valence-corrected chi connectivity index (χ0v) is 18.0. The number of anilines is 1. The van der Waals surface area contributed by atoms with Gasteiger partial charge in [-0.3, -0.25) is 19.8 Å². The number of nitrogens with one attached hydrogen (secondary N) is 3. The predicted octanol–water partition coefficient (Wildman–Crippen LogP) is 2.87. The van der Waals surface area contributed by atoms with Gasteiger partial charge in [-0.2, -0.15) is 5.01 Å². The second kappa shape index (κ2) is 8.10. The number of hydrogen-bond donors (Lipinski definition) is 3. The van der Waals surface area contributed by atoms with Gasteiger partial charge in [-0.05, 0) is 29.3 Å². The quantitative estimate of drug-likeness (QED) is 0.521. The Morgan fingerprint density at radius 1 is 0.909 bits per heavy atom. The van der Waals surface area contributed by atoms with E-state index in [-0.39, 0.29) is 11.5 Å². The lowest BCUT2D eigenvalue weighted by atomic mass is 9.83. The van der Waals surface area contributed by atoms with E-state index in [4.69, 9.17) is 0 Å². The second-order valence-corrected chi connectivity index (χ2v) is 8.56. The largest absolute Gasteiger partial charge is 0.344 e. The molecule has 0 aromatic heterocycles. The molecule has 1 fully saturated rings. The van der Waals surface area contributed by atoms with Crippen molar-refractivity contribution in [1.82, 2.24) is 15.8 Å². The molecule has 5 amide bonds. The summed E-state index contributed by atoms with van der Waals surface area (Å²) in [7, 11) is 0. The molecule has 0 aliphatic carbocycles. The molecule has 2 aliphatic rings. The van der Waals surface area contributed by atoms with Crippen LogP contribution in [0.15, 0.2) is 83.8 Å². The fourth-order valence-electron chi connectivity index (χ4n) is 3.96. The Morgan fingerprint density at radius 3 is 2.18 bits per heavy atom. The molecule has 164 valence electrons. The van der Waals surface area contributed by atoms with Crippen LogP contribution in [0.1, 0.15) is 21.5 Å². The molecule has 2 heterocycles. The molecule has 0 unspecified atom stereocenters. The summed E-state index contributed by atoms with van der Waals surface area (Å²) in [6, 6.07) is 21.8. The average Bonchev–Trinajstić information content (AvgIpc) is 3.10. The third-order valence-electron chi connectivity index (χ3n) is 5.52. The third kappa shape index (κ3) is 3.52. The lowest BCUT2D eigenvalue weighted by Crippen LogP contribution is -2.49. The number of carbonyl (C=O) groups is 4. The van der Waals surface area contributed by atoms with Crippen molar-refractivity contribution >= 4 is 41.2 Å². The maximum Gasteiger partial charge on any atom is 0.344 e. The fraction of sp³-hybridized carbons (Fsp3) is 0.0833. The Kier molecular flexibility index (Phi) is 5.10. The molecule has 0 saturated carbocycles. The van der Waals surface area contributed by atoms with Crippen molar-refractivity contribution in [2.75, 3.05) is 11.1 Å². The first kappa shape index (κ1) is 20.8. The number of nitrogens with zero attached hydrogens (tertiary/aromatic N) is 1. The van der Waals surface area contributed by atoms with Gasteiger partial charge in [0.15, 0.2) is 5.54 Å². The highest BCUT2D eigenvalue weighted by molar-refractivity contribution is 8.00. The van der Waals surface area contributed by atoms with Crippen molar-refractivity contribution in [2.24, 2.45) is 0 Å². The summed E-state index contributed by atoms with van der Waals surface area (Å²) in [5.74, 6) is -1.13. The number of fused-ring (bicyclic) bond motifs is 1. The Morgan fingerprint density at radius 2 is 1.55 bits per heavy atom. The molecule has 5 rings (SSSR count). The van der Waals surface area contributed by atoms with Crippen molar-refractivity contribution in [3.05, 3.63) is 95.6 Å². The number of amides is 5. The van der Waals surface area contributed by atoms with Gasteiger partial charge in [0.1, 0.15) is 0 Å². The van der Waals surface area contributed by atoms with Gasteiger partial charge in [-0.25, -0.2) is 4.79 Å². The second-order valence-electron chi connectivity index (χ2n) is 7.54. The van der Waals surface area contributed by atoms with E-state index in [1.807, 2.05) is 12.1 Å². The Hall–Kier alpha value is -4.11. The summed E-state index contributed by atoms with van der Waals surface area (Å²) >= 11 is 1.37. The van der Waals surface area contributed by atoms with E-state index in [1.165, 1.54) is 17.8 Å². The number of carbonyl (C=O) groups excluding carboxylic acids is 4. The van der Waals surface area contributed by atoms with E-state index in [2.05, 4.69) is 16.1 Å². The van der Waals surface area contributed by atoms with Crippen LogP contribution in [0.4, 0.5) is 10.5 Å². The molecule has 9 heteroatoms. The Bertz CT molecular complexity index is 1240. The number of benzene rings is 3. The summed E-state index contributed by atoms with van der Waals surface area (Å²) in [6.45, 7) is 0. The lowest BCUT2D eigenvalue weighted by molar-refractivity contribution is -0.131. The number of thioether (sulfide) groups is 1. The molecule has 0 atom stereocenters. The van der Waals surface area contributed by atoms with Crippen LogP contribution in [-0.2, 0) is 15.1 Å². The van der Waals surface area contributed by atoms with Crippen LogP contribution >= 0.6 is 11.8 Å². The summed E-state index contributed by atoms with van der Waals surface area (Å²) in [5.41, 5.74) is 2.80. The number of rotatable bonds is 4. The van der Waals surface area contributed by atoms with Crippen LogP contribution in [-0.4, -0.2) is 34.5 Å². The summed E-state index contributed by atoms with van der Waals surface area (Å²) in [6.07, 6.45) is 0. The zero-order chi connectivity index (χ0) is 23.0. The number of imide groups is 1. The topological polar surface area (TPSA) is 108 Å². The molecule has 8 nitrogen and oxygen atoms in total. The molecule has 0 spiro atoms. The minimum absolute atomic E-state index is 0.158. The van der Waals surface area contributed by atoms with E-state index in [9.17, 15) is 19.2 Å². The van der Waals surface area contributed by atoms with Gasteiger partial charge in [-0.15, -0.1) is 11.8 Å². The van der Waals surface area contributed by atoms with Gasteiger partial charge in [-0.1, -0.05) is 60.7 Å². The van der Waals surface area contributed by atoms with Gasteiger partial charge in [0.05, 0.1) is 11.4 Å². The van der Waals surface area contributed by atoms with Gasteiger partial charge in [0.25, 0.3) is 11.8 Å².